The number of nitrogens with zero attached hydrogens (tertiary/aromatic N) is 1. The molecule has 0 aromatic carbocycles. The summed E-state index contributed by atoms with van der Waals surface area (Å²) in [6.45, 7) is 3.92. The highest BCUT2D eigenvalue weighted by Gasteiger charge is 2.14. The van der Waals surface area contributed by atoms with Gasteiger partial charge < -0.3 is 11.1 Å². The number of hydrogen-bond acceptors (Lipinski definition) is 3. The van der Waals surface area contributed by atoms with Crippen LogP contribution in [0.1, 0.15) is 12.5 Å². The Balaban J connectivity index is 2.85. The number of anilines is 1. The van der Waals surface area contributed by atoms with Crippen LogP contribution in [0.2, 0.25) is 5.15 Å². The molecule has 1 heterocycles. The van der Waals surface area contributed by atoms with Gasteiger partial charge in [0.05, 0.1) is 5.69 Å². The van der Waals surface area contributed by atoms with Crippen LogP contribution in [0.5, 0.6) is 0 Å². The molecule has 0 spiro atoms. The number of pyridine rings is 1. The van der Waals surface area contributed by atoms with Crippen molar-refractivity contribution in [2.24, 2.45) is 11.7 Å². The van der Waals surface area contributed by atoms with Crippen molar-refractivity contribution in [2.75, 3.05) is 11.9 Å². The van der Waals surface area contributed by atoms with Gasteiger partial charge in [0.2, 0.25) is 5.91 Å². The summed E-state index contributed by atoms with van der Waals surface area (Å²) >= 11 is 5.86. The SMILES string of the molecule is Cc1ccnc(Cl)c1NC(=O)C(C)CN. The number of rotatable bonds is 3. The predicted molar refractivity (Wildman–Crippen MR) is 60.8 cm³/mol. The standard InChI is InChI=1S/C10H14ClN3O/c1-6-3-4-13-9(11)8(6)14-10(15)7(2)5-12/h3-4,7H,5,12H2,1-2H3,(H,14,15). The summed E-state index contributed by atoms with van der Waals surface area (Å²) in [6.07, 6.45) is 1.60. The van der Waals surface area contributed by atoms with Crippen molar-refractivity contribution >= 4 is 23.2 Å². The summed E-state index contributed by atoms with van der Waals surface area (Å²) in [5.74, 6) is -0.379. The second kappa shape index (κ2) is 5.09. The van der Waals surface area contributed by atoms with Crippen molar-refractivity contribution in [1.29, 1.82) is 0 Å². The van der Waals surface area contributed by atoms with Crippen molar-refractivity contribution in [3.05, 3.63) is 23.0 Å². The summed E-state index contributed by atoms with van der Waals surface area (Å²) in [5.41, 5.74) is 6.83. The van der Waals surface area contributed by atoms with E-state index in [2.05, 4.69) is 10.3 Å². The second-order valence-corrected chi connectivity index (χ2v) is 3.78. The number of nitrogens with one attached hydrogen (secondary N) is 1. The molecule has 0 aliphatic heterocycles. The molecule has 0 bridgehead atoms. The fourth-order valence-electron chi connectivity index (χ4n) is 1.03. The number of carbonyl (C=O) groups excluding carboxylic acids is 1. The first-order chi connectivity index (χ1) is 7.06. The number of nitrogens with two attached hydrogens (primary N) is 1. The lowest BCUT2D eigenvalue weighted by atomic mass is 10.1. The fourth-order valence-corrected chi connectivity index (χ4v) is 1.28. The van der Waals surface area contributed by atoms with E-state index < -0.39 is 0 Å². The van der Waals surface area contributed by atoms with E-state index in [9.17, 15) is 4.79 Å². The summed E-state index contributed by atoms with van der Waals surface area (Å²) in [4.78, 5) is 15.5. The zero-order chi connectivity index (χ0) is 11.4. The molecule has 0 saturated carbocycles. The Morgan fingerprint density at radius 3 is 2.93 bits per heavy atom. The van der Waals surface area contributed by atoms with Crippen LogP contribution >= 0.6 is 11.6 Å². The highest BCUT2D eigenvalue weighted by molar-refractivity contribution is 6.32. The highest BCUT2D eigenvalue weighted by Crippen LogP contribution is 2.23. The van der Waals surface area contributed by atoms with Gasteiger partial charge in [0.15, 0.2) is 5.15 Å². The topological polar surface area (TPSA) is 68.0 Å². The zero-order valence-corrected chi connectivity index (χ0v) is 9.51. The molecule has 0 aliphatic rings. The van der Waals surface area contributed by atoms with Gasteiger partial charge in [-0.25, -0.2) is 4.98 Å². The van der Waals surface area contributed by atoms with Crippen molar-refractivity contribution in [3.63, 3.8) is 0 Å². The lowest BCUT2D eigenvalue weighted by Gasteiger charge is -2.12. The molecule has 4 nitrogen and oxygen atoms in total. The van der Waals surface area contributed by atoms with Gasteiger partial charge in [-0.05, 0) is 18.6 Å². The van der Waals surface area contributed by atoms with Gasteiger partial charge in [-0.2, -0.15) is 0 Å². The maximum absolute atomic E-state index is 11.6. The van der Waals surface area contributed by atoms with Crippen LogP contribution in [0.15, 0.2) is 12.3 Å². The van der Waals surface area contributed by atoms with Crippen LogP contribution in [-0.2, 0) is 4.79 Å². The molecule has 1 aromatic heterocycles. The van der Waals surface area contributed by atoms with Crippen molar-refractivity contribution in [2.45, 2.75) is 13.8 Å². The van der Waals surface area contributed by atoms with E-state index in [4.69, 9.17) is 17.3 Å². The fraction of sp³-hybridized carbons (Fsp3) is 0.400. The Hall–Kier alpha value is -1.13. The first kappa shape index (κ1) is 11.9. The number of hydrogen-bond donors (Lipinski definition) is 2. The van der Waals surface area contributed by atoms with Crippen molar-refractivity contribution in [3.8, 4) is 0 Å². The lowest BCUT2D eigenvalue weighted by Crippen LogP contribution is -2.27. The monoisotopic (exact) mass is 227 g/mol. The molecular weight excluding hydrogens is 214 g/mol. The summed E-state index contributed by atoms with van der Waals surface area (Å²) < 4.78 is 0. The van der Waals surface area contributed by atoms with Gasteiger partial charge in [0, 0.05) is 18.7 Å². The van der Waals surface area contributed by atoms with Crippen LogP contribution in [0, 0.1) is 12.8 Å². The molecule has 0 fully saturated rings. The van der Waals surface area contributed by atoms with E-state index in [-0.39, 0.29) is 11.8 Å². The van der Waals surface area contributed by atoms with E-state index in [0.29, 0.717) is 17.4 Å². The number of amides is 1. The van der Waals surface area contributed by atoms with E-state index in [0.717, 1.165) is 5.56 Å². The molecular formula is C10H14ClN3O. The molecule has 5 heteroatoms. The minimum Gasteiger partial charge on any atom is -0.330 e. The van der Waals surface area contributed by atoms with Crippen LogP contribution in [0.25, 0.3) is 0 Å². The average molecular weight is 228 g/mol. The third-order valence-electron chi connectivity index (χ3n) is 2.16. The lowest BCUT2D eigenvalue weighted by molar-refractivity contribution is -0.119. The van der Waals surface area contributed by atoms with Gasteiger partial charge in [0.25, 0.3) is 0 Å². The van der Waals surface area contributed by atoms with Crippen LogP contribution in [0.3, 0.4) is 0 Å². The number of aromatic nitrogens is 1. The average Bonchev–Trinajstić information content (AvgIpc) is 2.22. The number of halogens is 1. The molecule has 3 N–H and O–H groups in total. The minimum absolute atomic E-state index is 0.143. The molecule has 0 radical (unpaired) electrons. The molecule has 0 aliphatic carbocycles. The molecule has 1 aromatic rings. The van der Waals surface area contributed by atoms with Gasteiger partial charge >= 0.3 is 0 Å². The Morgan fingerprint density at radius 2 is 2.40 bits per heavy atom. The van der Waals surface area contributed by atoms with Gasteiger partial charge in [-0.3, -0.25) is 4.79 Å². The Kier molecular flexibility index (Phi) is 4.05. The maximum atomic E-state index is 11.6. The predicted octanol–water partition coefficient (Wildman–Crippen LogP) is 1.58. The minimum atomic E-state index is -0.235. The summed E-state index contributed by atoms with van der Waals surface area (Å²) in [5, 5.41) is 3.01. The van der Waals surface area contributed by atoms with Gasteiger partial charge in [-0.15, -0.1) is 0 Å². The second-order valence-electron chi connectivity index (χ2n) is 3.42. The third kappa shape index (κ3) is 2.91. The smallest absolute Gasteiger partial charge is 0.228 e. The number of aryl methyl sites for hydroxylation is 1. The van der Waals surface area contributed by atoms with E-state index in [1.165, 1.54) is 0 Å². The Bertz CT molecular complexity index is 347. The molecule has 1 unspecified atom stereocenters. The molecule has 15 heavy (non-hydrogen) atoms. The summed E-state index contributed by atoms with van der Waals surface area (Å²) in [6, 6.07) is 1.79. The van der Waals surface area contributed by atoms with Crippen molar-refractivity contribution < 1.29 is 4.79 Å². The zero-order valence-electron chi connectivity index (χ0n) is 8.75. The molecule has 0 saturated heterocycles. The summed E-state index contributed by atoms with van der Waals surface area (Å²) in [7, 11) is 0. The quantitative estimate of drug-likeness (QED) is 0.771. The molecule has 82 valence electrons. The Morgan fingerprint density at radius 1 is 1.73 bits per heavy atom. The van der Waals surface area contributed by atoms with Gasteiger partial charge in [-0.1, -0.05) is 18.5 Å². The normalized spacial score (nSPS) is 12.3. The van der Waals surface area contributed by atoms with E-state index in [1.54, 1.807) is 19.2 Å². The van der Waals surface area contributed by atoms with Crippen LogP contribution < -0.4 is 11.1 Å². The third-order valence-corrected chi connectivity index (χ3v) is 2.45. The first-order valence-electron chi connectivity index (χ1n) is 4.68. The van der Waals surface area contributed by atoms with E-state index >= 15 is 0 Å². The molecule has 1 amide bonds. The maximum Gasteiger partial charge on any atom is 0.228 e. The Labute approximate surface area is 93.8 Å². The van der Waals surface area contributed by atoms with Crippen molar-refractivity contribution in [1.82, 2.24) is 4.98 Å². The number of carbonyl (C=O) groups is 1. The van der Waals surface area contributed by atoms with E-state index in [1.807, 2.05) is 6.92 Å². The first-order valence-corrected chi connectivity index (χ1v) is 5.06. The largest absolute Gasteiger partial charge is 0.330 e. The highest BCUT2D eigenvalue weighted by atomic mass is 35.5. The van der Waals surface area contributed by atoms with Crippen LogP contribution in [-0.4, -0.2) is 17.4 Å². The van der Waals surface area contributed by atoms with Crippen LogP contribution in [0.4, 0.5) is 5.69 Å². The molecule has 1 rings (SSSR count). The molecule has 1 atom stereocenters. The van der Waals surface area contributed by atoms with Gasteiger partial charge in [0.1, 0.15) is 0 Å².